The number of aromatic nitrogens is 4. The molecular formula is C24H38ClN6O10PS. The summed E-state index contributed by atoms with van der Waals surface area (Å²) in [5.41, 5.74) is 4.17. The number of aliphatic hydroxyl groups is 2. The summed E-state index contributed by atoms with van der Waals surface area (Å²) in [4.78, 5) is 45.9. The van der Waals surface area contributed by atoms with Crippen LogP contribution in [-0.4, -0.2) is 95.6 Å². The third-order valence-electron chi connectivity index (χ3n) is 6.41. The normalized spacial score (nSPS) is 24.7. The number of esters is 1. The SMILES string of the molecule is CC(C)OC(=O)[C@H](C)N[P@](=O)(OCCSC(=O)C(C)(C)CO)OC[C@H]1O[C@@H](n2cnc3c(=O)[nH]c(N)nc32)[C@](C)(Cl)[C@@H]1O. The Morgan fingerprint density at radius 1 is 1.37 bits per heavy atom. The summed E-state index contributed by atoms with van der Waals surface area (Å²) in [5.74, 6) is -0.811. The van der Waals surface area contributed by atoms with Crippen molar-refractivity contribution in [1.82, 2.24) is 24.6 Å². The van der Waals surface area contributed by atoms with Crippen LogP contribution in [0.5, 0.6) is 0 Å². The molecule has 0 bridgehead atoms. The molecule has 0 unspecified atom stereocenters. The zero-order chi connectivity index (χ0) is 32.3. The fourth-order valence-electron chi connectivity index (χ4n) is 3.92. The average Bonchev–Trinajstić information content (AvgIpc) is 3.42. The van der Waals surface area contributed by atoms with Crippen LogP contribution in [0.2, 0.25) is 0 Å². The number of hydrogen-bond donors (Lipinski definition) is 5. The molecule has 0 spiro atoms. The number of anilines is 1. The van der Waals surface area contributed by atoms with Crippen LogP contribution < -0.4 is 16.4 Å². The predicted octanol–water partition coefficient (Wildman–Crippen LogP) is 1.31. The number of aliphatic hydroxyl groups excluding tert-OH is 2. The van der Waals surface area contributed by atoms with E-state index in [2.05, 4.69) is 20.0 Å². The van der Waals surface area contributed by atoms with Crippen molar-refractivity contribution in [1.29, 1.82) is 0 Å². The molecule has 0 saturated carbocycles. The number of nitrogen functional groups attached to an aromatic ring is 1. The van der Waals surface area contributed by atoms with E-state index in [0.717, 1.165) is 11.8 Å². The first-order chi connectivity index (χ1) is 19.9. The average molecular weight is 669 g/mol. The maximum absolute atomic E-state index is 13.8. The van der Waals surface area contributed by atoms with Gasteiger partial charge in [-0.2, -0.15) is 4.98 Å². The highest BCUT2D eigenvalue weighted by atomic mass is 35.5. The quantitative estimate of drug-likeness (QED) is 0.0827. The van der Waals surface area contributed by atoms with Gasteiger partial charge in [-0.3, -0.25) is 33.0 Å². The van der Waals surface area contributed by atoms with Crippen molar-refractivity contribution in [2.75, 3.05) is 31.3 Å². The molecule has 1 saturated heterocycles. The number of carbonyl (C=O) groups excluding carboxylic acids is 2. The maximum atomic E-state index is 13.8. The van der Waals surface area contributed by atoms with Crippen molar-refractivity contribution in [3.63, 3.8) is 0 Å². The van der Waals surface area contributed by atoms with E-state index in [1.54, 1.807) is 27.7 Å². The van der Waals surface area contributed by atoms with Gasteiger partial charge in [-0.25, -0.2) is 14.6 Å². The molecule has 19 heteroatoms. The monoisotopic (exact) mass is 668 g/mol. The third kappa shape index (κ3) is 8.35. The zero-order valence-corrected chi connectivity index (χ0v) is 27.1. The lowest BCUT2D eigenvalue weighted by Gasteiger charge is -2.26. The van der Waals surface area contributed by atoms with Crippen LogP contribution in [0.3, 0.4) is 0 Å². The molecule has 0 amide bonds. The number of halogens is 1. The number of aromatic amines is 1. The smallest absolute Gasteiger partial charge is 0.406 e. The van der Waals surface area contributed by atoms with E-state index in [1.807, 2.05) is 0 Å². The Balaban J connectivity index is 1.76. The molecule has 2 aromatic rings. The third-order valence-corrected chi connectivity index (χ3v) is 9.72. The van der Waals surface area contributed by atoms with Gasteiger partial charge in [0.2, 0.25) is 5.95 Å². The lowest BCUT2D eigenvalue weighted by atomic mass is 9.97. The summed E-state index contributed by atoms with van der Waals surface area (Å²) in [6, 6.07) is -1.12. The van der Waals surface area contributed by atoms with Crippen LogP contribution >= 0.6 is 31.1 Å². The van der Waals surface area contributed by atoms with E-state index in [4.69, 9.17) is 35.9 Å². The first-order valence-electron chi connectivity index (χ1n) is 13.3. The summed E-state index contributed by atoms with van der Waals surface area (Å²) < 4.78 is 37.4. The molecule has 0 radical (unpaired) electrons. The Kier molecular flexibility index (Phi) is 11.5. The van der Waals surface area contributed by atoms with Crippen LogP contribution in [0.15, 0.2) is 11.1 Å². The van der Waals surface area contributed by atoms with Gasteiger partial charge in [0.15, 0.2) is 22.5 Å². The second-order valence-corrected chi connectivity index (χ2v) is 14.7. The predicted molar refractivity (Wildman–Crippen MR) is 158 cm³/mol. The number of rotatable bonds is 14. The lowest BCUT2D eigenvalue weighted by molar-refractivity contribution is -0.149. The van der Waals surface area contributed by atoms with Gasteiger partial charge in [0.25, 0.3) is 5.56 Å². The summed E-state index contributed by atoms with van der Waals surface area (Å²) in [6.45, 7) is 8.28. The molecule has 1 aliphatic rings. The van der Waals surface area contributed by atoms with Crippen molar-refractivity contribution in [2.45, 2.75) is 77.0 Å². The number of fused-ring (bicyclic) bond motifs is 1. The Morgan fingerprint density at radius 2 is 2.05 bits per heavy atom. The van der Waals surface area contributed by atoms with E-state index >= 15 is 0 Å². The lowest BCUT2D eigenvalue weighted by Crippen LogP contribution is -2.40. The van der Waals surface area contributed by atoms with Gasteiger partial charge in [-0.05, 0) is 41.5 Å². The minimum atomic E-state index is -4.29. The molecule has 0 aromatic carbocycles. The molecule has 3 heterocycles. The first-order valence-corrected chi connectivity index (χ1v) is 16.2. The molecule has 43 heavy (non-hydrogen) atoms. The van der Waals surface area contributed by atoms with E-state index in [-0.39, 0.29) is 41.2 Å². The Labute approximate surface area is 256 Å². The highest BCUT2D eigenvalue weighted by Crippen LogP contribution is 2.48. The topological polar surface area (TPSA) is 230 Å². The largest absolute Gasteiger partial charge is 0.462 e. The van der Waals surface area contributed by atoms with Gasteiger partial charge in [0.1, 0.15) is 23.1 Å². The van der Waals surface area contributed by atoms with E-state index in [1.165, 1.54) is 24.7 Å². The van der Waals surface area contributed by atoms with Crippen LogP contribution in [0.1, 0.15) is 47.8 Å². The number of thioether (sulfide) groups is 1. The van der Waals surface area contributed by atoms with Crippen molar-refractivity contribution in [3.8, 4) is 0 Å². The van der Waals surface area contributed by atoms with Crippen LogP contribution in [0.4, 0.5) is 5.95 Å². The van der Waals surface area contributed by atoms with Gasteiger partial charge in [0, 0.05) is 5.75 Å². The molecule has 16 nitrogen and oxygen atoms in total. The number of imidazole rings is 1. The van der Waals surface area contributed by atoms with Crippen LogP contribution in [0.25, 0.3) is 11.2 Å². The fraction of sp³-hybridized carbons (Fsp3) is 0.708. The Morgan fingerprint density at radius 3 is 2.67 bits per heavy atom. The summed E-state index contributed by atoms with van der Waals surface area (Å²) in [5, 5.41) is 22.7. The number of nitrogens with zero attached hydrogens (tertiary/aromatic N) is 3. The van der Waals surface area contributed by atoms with E-state index in [0.29, 0.717) is 0 Å². The van der Waals surface area contributed by atoms with Crippen molar-refractivity contribution in [3.05, 3.63) is 16.7 Å². The number of nitrogens with one attached hydrogen (secondary N) is 2. The Hall–Kier alpha value is -2.08. The van der Waals surface area contributed by atoms with Crippen LogP contribution in [0, 0.1) is 5.41 Å². The van der Waals surface area contributed by atoms with Gasteiger partial charge < -0.3 is 25.4 Å². The van der Waals surface area contributed by atoms with Crippen molar-refractivity contribution in [2.24, 2.45) is 5.41 Å². The first kappa shape index (κ1) is 35.4. The number of hydrogen-bond acceptors (Lipinski definition) is 14. The van der Waals surface area contributed by atoms with Crippen molar-refractivity contribution < 1.29 is 42.9 Å². The summed E-state index contributed by atoms with van der Waals surface area (Å²) in [7, 11) is -4.29. The zero-order valence-electron chi connectivity index (χ0n) is 24.6. The second-order valence-electron chi connectivity index (χ2n) is 11.0. The van der Waals surface area contributed by atoms with Crippen LogP contribution in [-0.2, 0) is 32.7 Å². The summed E-state index contributed by atoms with van der Waals surface area (Å²) in [6.07, 6.45) is -2.83. The molecular weight excluding hydrogens is 631 g/mol. The second kappa shape index (κ2) is 13.9. The van der Waals surface area contributed by atoms with E-state index < -0.39 is 66.8 Å². The molecule has 6 N–H and O–H groups in total. The van der Waals surface area contributed by atoms with Gasteiger partial charge >= 0.3 is 13.7 Å². The molecule has 2 aromatic heterocycles. The van der Waals surface area contributed by atoms with Gasteiger partial charge in [0.05, 0.1) is 37.7 Å². The number of nitrogens with two attached hydrogens (primary N) is 1. The minimum Gasteiger partial charge on any atom is -0.462 e. The molecule has 6 atom stereocenters. The number of alkyl halides is 1. The van der Waals surface area contributed by atoms with E-state index in [9.17, 15) is 29.2 Å². The molecule has 0 aliphatic carbocycles. The van der Waals surface area contributed by atoms with Crippen molar-refractivity contribution >= 4 is 59.3 Å². The molecule has 1 fully saturated rings. The molecule has 242 valence electrons. The standard InChI is InChI=1S/C24H38ClN6O10PS/c1-12(2)40-19(35)13(3)30-42(37,38-7-8-43-21(36)23(4,5)10-32)39-9-14-16(33)24(6,25)20(41-14)31-11-27-15-17(31)28-22(26)29-18(15)34/h11-14,16,20,32-33H,7-10H2,1-6H3,(H,30,37)(H3,26,28,29,34)/t13-,14+,16+,20+,24+,42-/m0/s1. The number of H-pyrrole nitrogens is 1. The number of ether oxygens (including phenoxy) is 2. The maximum Gasteiger partial charge on any atom is 0.406 e. The Bertz CT molecular complexity index is 1420. The summed E-state index contributed by atoms with van der Waals surface area (Å²) >= 11 is 7.58. The highest BCUT2D eigenvalue weighted by Gasteiger charge is 2.54. The fourth-order valence-corrected chi connectivity index (χ4v) is 6.63. The number of carbonyl (C=O) groups is 2. The van der Waals surface area contributed by atoms with Gasteiger partial charge in [-0.1, -0.05) is 11.8 Å². The molecule has 1 aliphatic heterocycles. The minimum absolute atomic E-state index is 0.0254. The van der Waals surface area contributed by atoms with Gasteiger partial charge in [-0.15, -0.1) is 11.6 Å². The molecule has 3 rings (SSSR count). The highest BCUT2D eigenvalue weighted by molar-refractivity contribution is 8.13.